The predicted molar refractivity (Wildman–Crippen MR) is 55.8 cm³/mol. The zero-order valence-electron chi connectivity index (χ0n) is 6.92. The summed E-state index contributed by atoms with van der Waals surface area (Å²) in [6, 6.07) is 0. The van der Waals surface area contributed by atoms with Crippen LogP contribution in [-0.4, -0.2) is 10.9 Å². The molecule has 0 aromatic carbocycles. The lowest BCUT2D eigenvalue weighted by molar-refractivity contribution is -0.122. The molecule has 1 aromatic heterocycles. The van der Waals surface area contributed by atoms with Crippen molar-refractivity contribution >= 4 is 38.3 Å². The van der Waals surface area contributed by atoms with E-state index in [-0.39, 0.29) is 11.8 Å². The molecule has 0 aliphatic heterocycles. The van der Waals surface area contributed by atoms with Crippen LogP contribution in [0, 0.1) is 5.92 Å². The number of rotatable bonds is 2. The number of halogens is 1. The molecule has 1 aliphatic carbocycles. The maximum Gasteiger partial charge on any atom is 0.229 e. The first-order chi connectivity index (χ1) is 6.25. The van der Waals surface area contributed by atoms with Gasteiger partial charge >= 0.3 is 0 Å². The van der Waals surface area contributed by atoms with Gasteiger partial charge < -0.3 is 5.32 Å². The Kier molecular flexibility index (Phi) is 2.64. The third-order valence-corrected chi connectivity index (χ3v) is 3.58. The van der Waals surface area contributed by atoms with Crippen molar-refractivity contribution in [2.75, 3.05) is 5.32 Å². The molecular weight excluding hydrogens is 252 g/mol. The lowest BCUT2D eigenvalue weighted by atomic mass is 9.85. The van der Waals surface area contributed by atoms with Crippen LogP contribution in [0.4, 0.5) is 5.13 Å². The van der Waals surface area contributed by atoms with Crippen molar-refractivity contribution < 1.29 is 4.79 Å². The molecule has 13 heavy (non-hydrogen) atoms. The molecule has 0 atom stereocenters. The quantitative estimate of drug-likeness (QED) is 0.889. The molecule has 5 heteroatoms. The van der Waals surface area contributed by atoms with E-state index in [0.717, 1.165) is 16.6 Å². The Balaban J connectivity index is 1.93. The zero-order chi connectivity index (χ0) is 9.26. The summed E-state index contributed by atoms with van der Waals surface area (Å²) in [4.78, 5) is 15.5. The van der Waals surface area contributed by atoms with Crippen molar-refractivity contribution in [2.24, 2.45) is 5.92 Å². The Bertz CT molecular complexity index is 322. The van der Waals surface area contributed by atoms with Crippen LogP contribution in [0.1, 0.15) is 19.3 Å². The second-order valence-electron chi connectivity index (χ2n) is 3.09. The van der Waals surface area contributed by atoms with Crippen LogP contribution in [0.5, 0.6) is 0 Å². The Hall–Kier alpha value is -0.420. The number of amides is 1. The molecule has 1 aliphatic rings. The maximum atomic E-state index is 11.4. The van der Waals surface area contributed by atoms with Gasteiger partial charge in [-0.05, 0) is 28.8 Å². The SMILES string of the molecule is O=C(Nc1ncc(Br)s1)C1CCC1. The number of nitrogens with one attached hydrogen (secondary N) is 1. The van der Waals surface area contributed by atoms with E-state index >= 15 is 0 Å². The van der Waals surface area contributed by atoms with Crippen molar-refractivity contribution in [3.8, 4) is 0 Å². The van der Waals surface area contributed by atoms with E-state index in [1.807, 2.05) is 0 Å². The number of hydrogen-bond acceptors (Lipinski definition) is 3. The van der Waals surface area contributed by atoms with Gasteiger partial charge in [-0.1, -0.05) is 17.8 Å². The van der Waals surface area contributed by atoms with Gasteiger partial charge in [0.2, 0.25) is 5.91 Å². The van der Waals surface area contributed by atoms with Crippen LogP contribution < -0.4 is 5.32 Å². The molecule has 0 saturated heterocycles. The Labute approximate surface area is 88.7 Å². The Morgan fingerprint density at radius 3 is 2.92 bits per heavy atom. The van der Waals surface area contributed by atoms with Gasteiger partial charge in [0.15, 0.2) is 5.13 Å². The van der Waals surface area contributed by atoms with Gasteiger partial charge in [0.1, 0.15) is 0 Å². The van der Waals surface area contributed by atoms with Gasteiger partial charge in [0.25, 0.3) is 0 Å². The van der Waals surface area contributed by atoms with Crippen molar-refractivity contribution in [1.82, 2.24) is 4.98 Å². The molecule has 1 heterocycles. The summed E-state index contributed by atoms with van der Waals surface area (Å²) in [6.07, 6.45) is 4.93. The number of nitrogens with zero attached hydrogens (tertiary/aromatic N) is 1. The summed E-state index contributed by atoms with van der Waals surface area (Å²) in [5.74, 6) is 0.343. The van der Waals surface area contributed by atoms with E-state index < -0.39 is 0 Å². The third-order valence-electron chi connectivity index (χ3n) is 2.18. The normalized spacial score (nSPS) is 16.7. The minimum atomic E-state index is 0.119. The number of carbonyl (C=O) groups is 1. The first-order valence-corrected chi connectivity index (χ1v) is 5.79. The van der Waals surface area contributed by atoms with Crippen molar-refractivity contribution in [1.29, 1.82) is 0 Å². The van der Waals surface area contributed by atoms with Crippen LogP contribution in [0.15, 0.2) is 9.98 Å². The van der Waals surface area contributed by atoms with E-state index in [1.165, 1.54) is 17.8 Å². The van der Waals surface area contributed by atoms with Crippen LogP contribution >= 0.6 is 27.3 Å². The van der Waals surface area contributed by atoms with Gasteiger partial charge in [-0.2, -0.15) is 0 Å². The van der Waals surface area contributed by atoms with E-state index in [0.29, 0.717) is 5.13 Å². The third kappa shape index (κ3) is 2.08. The number of thiazole rings is 1. The smallest absolute Gasteiger partial charge is 0.229 e. The number of aromatic nitrogens is 1. The number of carbonyl (C=O) groups excluding carboxylic acids is 1. The standard InChI is InChI=1S/C8H9BrN2OS/c9-6-4-10-8(13-6)11-7(12)5-2-1-3-5/h4-5H,1-3H2,(H,10,11,12). The van der Waals surface area contributed by atoms with Crippen LogP contribution in [-0.2, 0) is 4.79 Å². The maximum absolute atomic E-state index is 11.4. The van der Waals surface area contributed by atoms with E-state index in [1.54, 1.807) is 6.20 Å². The highest BCUT2D eigenvalue weighted by Crippen LogP contribution is 2.29. The fraction of sp³-hybridized carbons (Fsp3) is 0.500. The van der Waals surface area contributed by atoms with Gasteiger partial charge in [-0.15, -0.1) is 0 Å². The van der Waals surface area contributed by atoms with E-state index in [2.05, 4.69) is 26.2 Å². The predicted octanol–water partition coefficient (Wildman–Crippen LogP) is 2.64. The summed E-state index contributed by atoms with van der Waals surface area (Å²) in [5, 5.41) is 3.49. The minimum absolute atomic E-state index is 0.119. The second-order valence-corrected chi connectivity index (χ2v) is 5.50. The highest BCUT2D eigenvalue weighted by molar-refractivity contribution is 9.11. The summed E-state index contributed by atoms with van der Waals surface area (Å²) < 4.78 is 0.941. The summed E-state index contributed by atoms with van der Waals surface area (Å²) in [5.41, 5.74) is 0. The number of anilines is 1. The summed E-state index contributed by atoms with van der Waals surface area (Å²) >= 11 is 4.74. The van der Waals surface area contributed by atoms with Gasteiger partial charge in [-0.25, -0.2) is 4.98 Å². The average Bonchev–Trinajstić information content (AvgIpc) is 2.31. The molecule has 1 aromatic rings. The zero-order valence-corrected chi connectivity index (χ0v) is 9.32. The highest BCUT2D eigenvalue weighted by Gasteiger charge is 2.25. The average molecular weight is 261 g/mol. The molecule has 1 fully saturated rings. The molecule has 0 bridgehead atoms. The molecule has 2 rings (SSSR count). The van der Waals surface area contributed by atoms with Gasteiger partial charge in [-0.3, -0.25) is 4.79 Å². The van der Waals surface area contributed by atoms with E-state index in [4.69, 9.17) is 0 Å². The fourth-order valence-corrected chi connectivity index (χ4v) is 2.30. The first-order valence-electron chi connectivity index (χ1n) is 4.18. The molecular formula is C8H9BrN2OS. The summed E-state index contributed by atoms with van der Waals surface area (Å²) in [7, 11) is 0. The molecule has 1 saturated carbocycles. The second kappa shape index (κ2) is 3.75. The van der Waals surface area contributed by atoms with Gasteiger partial charge in [0, 0.05) is 5.92 Å². The topological polar surface area (TPSA) is 42.0 Å². The molecule has 0 unspecified atom stereocenters. The molecule has 0 spiro atoms. The molecule has 70 valence electrons. The lowest BCUT2D eigenvalue weighted by Crippen LogP contribution is -2.27. The minimum Gasteiger partial charge on any atom is -0.302 e. The molecule has 1 N–H and O–H groups in total. The summed E-state index contributed by atoms with van der Waals surface area (Å²) in [6.45, 7) is 0. The van der Waals surface area contributed by atoms with Crippen LogP contribution in [0.2, 0.25) is 0 Å². The fourth-order valence-electron chi connectivity index (χ4n) is 1.19. The van der Waals surface area contributed by atoms with Crippen LogP contribution in [0.3, 0.4) is 0 Å². The van der Waals surface area contributed by atoms with Crippen molar-refractivity contribution in [3.63, 3.8) is 0 Å². The Morgan fingerprint density at radius 2 is 2.46 bits per heavy atom. The van der Waals surface area contributed by atoms with E-state index in [9.17, 15) is 4.79 Å². The number of hydrogen-bond donors (Lipinski definition) is 1. The molecule has 3 nitrogen and oxygen atoms in total. The monoisotopic (exact) mass is 260 g/mol. The highest BCUT2D eigenvalue weighted by atomic mass is 79.9. The molecule has 0 radical (unpaired) electrons. The van der Waals surface area contributed by atoms with Crippen LogP contribution in [0.25, 0.3) is 0 Å². The Morgan fingerprint density at radius 1 is 1.69 bits per heavy atom. The first kappa shape index (κ1) is 9.15. The largest absolute Gasteiger partial charge is 0.302 e. The molecule has 1 amide bonds. The van der Waals surface area contributed by atoms with Crippen molar-refractivity contribution in [2.45, 2.75) is 19.3 Å². The van der Waals surface area contributed by atoms with Crippen molar-refractivity contribution in [3.05, 3.63) is 9.98 Å². The lowest BCUT2D eigenvalue weighted by Gasteiger charge is -2.23. The van der Waals surface area contributed by atoms with Gasteiger partial charge in [0.05, 0.1) is 9.98 Å².